The number of fused-ring (bicyclic) bond motifs is 1. The summed E-state index contributed by atoms with van der Waals surface area (Å²) in [4.78, 5) is 12.8. The van der Waals surface area contributed by atoms with Gasteiger partial charge in [-0.2, -0.15) is 0 Å². The third kappa shape index (κ3) is 5.00. The number of carbonyl (C=O) groups excluding carboxylic acids is 1. The zero-order valence-electron chi connectivity index (χ0n) is 12.8. The fraction of sp³-hybridized carbons (Fsp3) is 0.688. The van der Waals surface area contributed by atoms with Crippen molar-refractivity contribution in [1.82, 2.24) is 0 Å². The molecular weight excluding hydrogens is 288 g/mol. The maximum Gasteiger partial charge on any atom is 0.508 e. The first kappa shape index (κ1) is 16.3. The first-order valence-electron chi connectivity index (χ1n) is 7.68. The lowest BCUT2D eigenvalue weighted by Crippen LogP contribution is -2.21. The molecule has 0 radical (unpaired) electrons. The Morgan fingerprint density at radius 2 is 2.38 bits per heavy atom. The molecule has 4 nitrogen and oxygen atoms in total. The summed E-state index contributed by atoms with van der Waals surface area (Å²) in [6, 6.07) is 2.11. The SMILES string of the molecule is CCCCC(C)COC(=O)OC[C@@H]1OCCc2ccsc21. The van der Waals surface area contributed by atoms with Crippen molar-refractivity contribution in [2.75, 3.05) is 19.8 Å². The van der Waals surface area contributed by atoms with Crippen LogP contribution in [0.4, 0.5) is 4.79 Å². The lowest BCUT2D eigenvalue weighted by Gasteiger charge is -2.22. The van der Waals surface area contributed by atoms with Gasteiger partial charge in [-0.25, -0.2) is 4.79 Å². The highest BCUT2D eigenvalue weighted by molar-refractivity contribution is 7.10. The molecule has 2 atom stereocenters. The van der Waals surface area contributed by atoms with Gasteiger partial charge in [0.05, 0.1) is 13.2 Å². The second-order valence-corrected chi connectivity index (χ2v) is 6.49. The summed E-state index contributed by atoms with van der Waals surface area (Å²) in [5.74, 6) is 0.382. The first-order chi connectivity index (χ1) is 10.2. The van der Waals surface area contributed by atoms with Crippen LogP contribution in [-0.4, -0.2) is 26.0 Å². The van der Waals surface area contributed by atoms with Crippen LogP contribution in [0.2, 0.25) is 0 Å². The normalized spacial score (nSPS) is 18.9. The first-order valence-corrected chi connectivity index (χ1v) is 8.56. The Hall–Kier alpha value is -1.07. The van der Waals surface area contributed by atoms with E-state index in [2.05, 4.69) is 25.3 Å². The van der Waals surface area contributed by atoms with Gasteiger partial charge in [-0.05, 0) is 35.8 Å². The van der Waals surface area contributed by atoms with E-state index in [1.807, 2.05) is 0 Å². The van der Waals surface area contributed by atoms with Crippen molar-refractivity contribution in [2.45, 2.75) is 45.6 Å². The average Bonchev–Trinajstić information content (AvgIpc) is 2.97. The van der Waals surface area contributed by atoms with E-state index in [-0.39, 0.29) is 12.7 Å². The highest BCUT2D eigenvalue weighted by Gasteiger charge is 2.24. The quantitative estimate of drug-likeness (QED) is 0.702. The van der Waals surface area contributed by atoms with Crippen LogP contribution in [0.3, 0.4) is 0 Å². The van der Waals surface area contributed by atoms with Crippen LogP contribution in [0, 0.1) is 5.92 Å². The van der Waals surface area contributed by atoms with E-state index in [1.54, 1.807) is 11.3 Å². The van der Waals surface area contributed by atoms with Crippen molar-refractivity contribution in [3.05, 3.63) is 21.9 Å². The molecule has 5 heteroatoms. The van der Waals surface area contributed by atoms with Crippen molar-refractivity contribution in [3.63, 3.8) is 0 Å². The molecule has 0 saturated carbocycles. The van der Waals surface area contributed by atoms with Crippen LogP contribution in [0.15, 0.2) is 11.4 Å². The molecule has 1 unspecified atom stereocenters. The van der Waals surface area contributed by atoms with E-state index in [9.17, 15) is 4.79 Å². The number of ether oxygens (including phenoxy) is 3. The number of hydrogen-bond donors (Lipinski definition) is 0. The van der Waals surface area contributed by atoms with Crippen molar-refractivity contribution < 1.29 is 19.0 Å². The minimum absolute atomic E-state index is 0.140. The van der Waals surface area contributed by atoms with Crippen molar-refractivity contribution >= 4 is 17.5 Å². The molecule has 118 valence electrons. The Morgan fingerprint density at radius 3 is 3.19 bits per heavy atom. The van der Waals surface area contributed by atoms with Crippen LogP contribution in [0.5, 0.6) is 0 Å². The molecule has 0 spiro atoms. The molecule has 0 fully saturated rings. The Bertz CT molecular complexity index is 443. The molecule has 0 aromatic carbocycles. The summed E-state index contributed by atoms with van der Waals surface area (Å²) in [6.45, 7) is 5.58. The number of thiophene rings is 1. The van der Waals surface area contributed by atoms with Crippen molar-refractivity contribution in [3.8, 4) is 0 Å². The maximum atomic E-state index is 11.6. The van der Waals surface area contributed by atoms with E-state index >= 15 is 0 Å². The van der Waals surface area contributed by atoms with Crippen LogP contribution in [0.25, 0.3) is 0 Å². The van der Waals surface area contributed by atoms with Gasteiger partial charge in [0.15, 0.2) is 0 Å². The molecule has 2 rings (SSSR count). The number of hydrogen-bond acceptors (Lipinski definition) is 5. The zero-order valence-corrected chi connectivity index (χ0v) is 13.6. The van der Waals surface area contributed by atoms with E-state index in [4.69, 9.17) is 14.2 Å². The Labute approximate surface area is 130 Å². The second kappa shape index (κ2) is 8.39. The van der Waals surface area contributed by atoms with Gasteiger partial charge < -0.3 is 14.2 Å². The highest BCUT2D eigenvalue weighted by Crippen LogP contribution is 2.31. The predicted octanol–water partition coefficient (Wildman–Crippen LogP) is 4.34. The fourth-order valence-corrected chi connectivity index (χ4v) is 3.37. The topological polar surface area (TPSA) is 44.8 Å². The molecule has 0 saturated heterocycles. The minimum atomic E-state index is -0.592. The van der Waals surface area contributed by atoms with E-state index in [0.717, 1.165) is 25.7 Å². The average molecular weight is 312 g/mol. The molecular formula is C16H24O4S. The smallest absolute Gasteiger partial charge is 0.434 e. The Balaban J connectivity index is 1.68. The Morgan fingerprint density at radius 1 is 1.52 bits per heavy atom. The summed E-state index contributed by atoms with van der Waals surface area (Å²) in [7, 11) is 0. The van der Waals surface area contributed by atoms with Gasteiger partial charge in [-0.1, -0.05) is 26.7 Å². The van der Waals surface area contributed by atoms with Gasteiger partial charge in [0.1, 0.15) is 12.7 Å². The van der Waals surface area contributed by atoms with Crippen LogP contribution < -0.4 is 0 Å². The van der Waals surface area contributed by atoms with Gasteiger partial charge in [-0.15, -0.1) is 11.3 Å². The molecule has 2 heterocycles. The number of rotatable bonds is 7. The molecule has 1 aromatic heterocycles. The lowest BCUT2D eigenvalue weighted by atomic mass is 10.1. The summed E-state index contributed by atoms with van der Waals surface area (Å²) in [5, 5.41) is 2.06. The molecule has 0 bridgehead atoms. The van der Waals surface area contributed by atoms with Crippen LogP contribution in [0.1, 0.15) is 49.7 Å². The van der Waals surface area contributed by atoms with Gasteiger partial charge in [0.2, 0.25) is 0 Å². The maximum absolute atomic E-state index is 11.6. The number of carbonyl (C=O) groups is 1. The molecule has 1 aliphatic rings. The summed E-state index contributed by atoms with van der Waals surface area (Å²) >= 11 is 1.66. The van der Waals surface area contributed by atoms with Crippen LogP contribution in [-0.2, 0) is 20.6 Å². The molecule has 21 heavy (non-hydrogen) atoms. The van der Waals surface area contributed by atoms with Gasteiger partial charge >= 0.3 is 6.16 Å². The molecule has 1 aromatic rings. The van der Waals surface area contributed by atoms with E-state index in [0.29, 0.717) is 19.1 Å². The van der Waals surface area contributed by atoms with Gasteiger partial charge in [0, 0.05) is 4.88 Å². The zero-order chi connectivity index (χ0) is 15.1. The van der Waals surface area contributed by atoms with Gasteiger partial charge in [-0.3, -0.25) is 0 Å². The van der Waals surface area contributed by atoms with E-state index in [1.165, 1.54) is 10.4 Å². The minimum Gasteiger partial charge on any atom is -0.434 e. The van der Waals surface area contributed by atoms with Crippen molar-refractivity contribution in [1.29, 1.82) is 0 Å². The second-order valence-electron chi connectivity index (χ2n) is 5.54. The summed E-state index contributed by atoms with van der Waals surface area (Å²) < 4.78 is 16.0. The molecule has 0 N–H and O–H groups in total. The summed E-state index contributed by atoms with van der Waals surface area (Å²) in [6.07, 6.45) is 3.61. The monoisotopic (exact) mass is 312 g/mol. The molecule has 0 aliphatic carbocycles. The molecule has 0 amide bonds. The largest absolute Gasteiger partial charge is 0.508 e. The third-order valence-electron chi connectivity index (χ3n) is 3.65. The van der Waals surface area contributed by atoms with E-state index < -0.39 is 6.16 Å². The molecule has 1 aliphatic heterocycles. The summed E-state index contributed by atoms with van der Waals surface area (Å²) in [5.41, 5.74) is 1.31. The lowest BCUT2D eigenvalue weighted by molar-refractivity contribution is -0.0241. The highest BCUT2D eigenvalue weighted by atomic mass is 32.1. The van der Waals surface area contributed by atoms with Crippen molar-refractivity contribution in [2.24, 2.45) is 5.92 Å². The fourth-order valence-electron chi connectivity index (χ4n) is 2.38. The van der Waals surface area contributed by atoms with Crippen LogP contribution >= 0.6 is 11.3 Å². The Kier molecular flexibility index (Phi) is 6.51. The predicted molar refractivity (Wildman–Crippen MR) is 82.7 cm³/mol. The third-order valence-corrected chi connectivity index (χ3v) is 4.70. The van der Waals surface area contributed by atoms with Gasteiger partial charge in [0.25, 0.3) is 0 Å². The number of unbranched alkanes of at least 4 members (excludes halogenated alkanes) is 1. The standard InChI is InChI=1S/C16H24O4S/c1-3-4-5-12(2)10-19-16(17)20-11-14-15-13(6-8-18-14)7-9-21-15/h7,9,12,14H,3-6,8,10-11H2,1-2H3/t12?,14-/m0/s1.